The Kier molecular flexibility index (Phi) is 4.33. The molecule has 1 fully saturated rings. The number of hydrogen-bond donors (Lipinski definition) is 3. The summed E-state index contributed by atoms with van der Waals surface area (Å²) in [7, 11) is 0. The number of nitrogens with zero attached hydrogens (tertiary/aromatic N) is 4. The predicted octanol–water partition coefficient (Wildman–Crippen LogP) is 2.27. The van der Waals surface area contributed by atoms with Gasteiger partial charge in [-0.25, -0.2) is 9.99 Å². The van der Waals surface area contributed by atoms with Crippen LogP contribution < -0.4 is 10.7 Å². The van der Waals surface area contributed by atoms with Gasteiger partial charge in [-0.3, -0.25) is 15.2 Å². The molecule has 134 valence electrons. The molecule has 3 heterocycles. The Morgan fingerprint density at radius 2 is 2.08 bits per heavy atom. The second-order valence-corrected chi connectivity index (χ2v) is 5.83. The largest absolute Gasteiger partial charge is 0.379 e. The van der Waals surface area contributed by atoms with Gasteiger partial charge in [0.1, 0.15) is 5.82 Å². The normalized spacial score (nSPS) is 15.1. The summed E-state index contributed by atoms with van der Waals surface area (Å²) in [6, 6.07) is 8.55. The second-order valence-electron chi connectivity index (χ2n) is 5.83. The van der Waals surface area contributed by atoms with Crippen LogP contribution in [-0.4, -0.2) is 51.4 Å². The third-order valence-electron chi connectivity index (χ3n) is 4.06. The van der Waals surface area contributed by atoms with Crippen molar-refractivity contribution in [3.05, 3.63) is 46.6 Å². The van der Waals surface area contributed by atoms with Gasteiger partial charge < -0.3 is 15.5 Å². The van der Waals surface area contributed by atoms with Gasteiger partial charge in [0.2, 0.25) is 5.82 Å². The maximum absolute atomic E-state index is 11.3. The summed E-state index contributed by atoms with van der Waals surface area (Å²) in [5.41, 5.74) is 4.65. The molecule has 0 bridgehead atoms. The van der Waals surface area contributed by atoms with Gasteiger partial charge in [0, 0.05) is 30.2 Å². The fraction of sp³-hybridized carbons (Fsp3) is 0.250. The molecule has 0 aliphatic carbocycles. The highest BCUT2D eigenvalue weighted by atomic mass is 16.6. The number of aromatic amines is 1. The number of hydrazine groups is 1. The van der Waals surface area contributed by atoms with Gasteiger partial charge in [-0.1, -0.05) is 0 Å². The number of anilines is 3. The SMILES string of the molecule is O=[N+]([O-])c1ccc(NN2CCOCC2)nc1Nc1ccc2[nH]ncc2c1. The topological polar surface area (TPSA) is 121 Å². The molecule has 0 atom stereocenters. The Bertz CT molecular complexity index is 936. The van der Waals surface area contributed by atoms with Gasteiger partial charge in [-0.15, -0.1) is 0 Å². The van der Waals surface area contributed by atoms with Crippen molar-refractivity contribution in [3.63, 3.8) is 0 Å². The monoisotopic (exact) mass is 355 g/mol. The van der Waals surface area contributed by atoms with E-state index in [1.54, 1.807) is 12.3 Å². The van der Waals surface area contributed by atoms with Crippen LogP contribution in [0.2, 0.25) is 0 Å². The third-order valence-corrected chi connectivity index (χ3v) is 4.06. The first kappa shape index (κ1) is 16.2. The summed E-state index contributed by atoms with van der Waals surface area (Å²) in [6.45, 7) is 2.71. The average Bonchev–Trinajstić information content (AvgIpc) is 3.10. The number of morpholine rings is 1. The van der Waals surface area contributed by atoms with Gasteiger partial charge in [-0.05, 0) is 24.3 Å². The van der Waals surface area contributed by atoms with Crippen LogP contribution in [0, 0.1) is 10.1 Å². The van der Waals surface area contributed by atoms with Gasteiger partial charge in [-0.2, -0.15) is 5.10 Å². The molecule has 1 saturated heterocycles. The summed E-state index contributed by atoms with van der Waals surface area (Å²) in [4.78, 5) is 15.3. The van der Waals surface area contributed by atoms with E-state index in [1.165, 1.54) is 6.07 Å². The lowest BCUT2D eigenvalue weighted by atomic mass is 10.2. The van der Waals surface area contributed by atoms with Crippen molar-refractivity contribution in [1.82, 2.24) is 20.2 Å². The number of nitro groups is 1. The molecule has 0 amide bonds. The predicted molar refractivity (Wildman–Crippen MR) is 96.3 cm³/mol. The van der Waals surface area contributed by atoms with Crippen LogP contribution in [0.3, 0.4) is 0 Å². The van der Waals surface area contributed by atoms with Crippen molar-refractivity contribution in [2.75, 3.05) is 37.0 Å². The molecule has 0 radical (unpaired) electrons. The summed E-state index contributed by atoms with van der Waals surface area (Å²) >= 11 is 0. The first-order valence-corrected chi connectivity index (χ1v) is 8.14. The zero-order valence-electron chi connectivity index (χ0n) is 13.8. The zero-order chi connectivity index (χ0) is 17.9. The molecular weight excluding hydrogens is 338 g/mol. The second kappa shape index (κ2) is 6.94. The number of rotatable bonds is 5. The van der Waals surface area contributed by atoms with Crippen molar-refractivity contribution in [3.8, 4) is 0 Å². The van der Waals surface area contributed by atoms with Gasteiger partial charge in [0.15, 0.2) is 0 Å². The highest BCUT2D eigenvalue weighted by Gasteiger charge is 2.18. The lowest BCUT2D eigenvalue weighted by molar-refractivity contribution is -0.384. The summed E-state index contributed by atoms with van der Waals surface area (Å²) in [6.07, 6.45) is 1.69. The molecule has 0 unspecified atom stereocenters. The maximum atomic E-state index is 11.3. The van der Waals surface area contributed by atoms with E-state index in [0.717, 1.165) is 24.0 Å². The molecule has 3 N–H and O–H groups in total. The number of aromatic nitrogens is 3. The van der Waals surface area contributed by atoms with Crippen molar-refractivity contribution >= 4 is 33.9 Å². The quantitative estimate of drug-likeness (QED) is 0.471. The Morgan fingerprint density at radius 3 is 2.88 bits per heavy atom. The highest BCUT2D eigenvalue weighted by Crippen LogP contribution is 2.28. The first-order valence-electron chi connectivity index (χ1n) is 8.14. The fourth-order valence-corrected chi connectivity index (χ4v) is 2.75. The third kappa shape index (κ3) is 3.41. The van der Waals surface area contributed by atoms with Crippen LogP contribution in [0.5, 0.6) is 0 Å². The van der Waals surface area contributed by atoms with Gasteiger partial charge in [0.05, 0.1) is 29.9 Å². The summed E-state index contributed by atoms with van der Waals surface area (Å²) in [5.74, 6) is 0.709. The number of fused-ring (bicyclic) bond motifs is 1. The Hall–Kier alpha value is -3.24. The van der Waals surface area contributed by atoms with Gasteiger partial charge in [0.25, 0.3) is 0 Å². The van der Waals surface area contributed by atoms with Gasteiger partial charge >= 0.3 is 5.69 Å². The Labute approximate surface area is 148 Å². The maximum Gasteiger partial charge on any atom is 0.311 e. The molecule has 1 aliphatic rings. The molecule has 3 aromatic rings. The summed E-state index contributed by atoms with van der Waals surface area (Å²) < 4.78 is 5.31. The molecule has 1 aliphatic heterocycles. The molecular formula is C16H17N7O3. The zero-order valence-corrected chi connectivity index (χ0v) is 13.8. The van der Waals surface area contributed by atoms with E-state index in [0.29, 0.717) is 24.7 Å². The van der Waals surface area contributed by atoms with E-state index in [2.05, 4.69) is 25.9 Å². The van der Waals surface area contributed by atoms with Crippen molar-refractivity contribution in [1.29, 1.82) is 0 Å². The average molecular weight is 355 g/mol. The van der Waals surface area contributed by atoms with Crippen LogP contribution in [-0.2, 0) is 4.74 Å². The van der Waals surface area contributed by atoms with E-state index in [1.807, 2.05) is 23.2 Å². The van der Waals surface area contributed by atoms with Crippen LogP contribution in [0.1, 0.15) is 0 Å². The number of benzene rings is 1. The van der Waals surface area contributed by atoms with Crippen LogP contribution in [0.25, 0.3) is 10.9 Å². The minimum absolute atomic E-state index is 0.0928. The van der Waals surface area contributed by atoms with Crippen LogP contribution >= 0.6 is 0 Å². The molecule has 0 saturated carbocycles. The molecule has 0 spiro atoms. The van der Waals surface area contributed by atoms with E-state index in [4.69, 9.17) is 4.74 Å². The van der Waals surface area contributed by atoms with E-state index in [9.17, 15) is 10.1 Å². The number of hydrogen-bond acceptors (Lipinski definition) is 8. The van der Waals surface area contributed by atoms with E-state index in [-0.39, 0.29) is 11.5 Å². The molecule has 10 heteroatoms. The molecule has 2 aromatic heterocycles. The number of H-pyrrole nitrogens is 1. The lowest BCUT2D eigenvalue weighted by Crippen LogP contribution is -2.40. The minimum Gasteiger partial charge on any atom is -0.379 e. The lowest BCUT2D eigenvalue weighted by Gasteiger charge is -2.27. The van der Waals surface area contributed by atoms with E-state index < -0.39 is 4.92 Å². The number of nitrogens with one attached hydrogen (secondary N) is 3. The summed E-state index contributed by atoms with van der Waals surface area (Å²) in [5, 5.41) is 24.1. The molecule has 1 aromatic carbocycles. The molecule has 26 heavy (non-hydrogen) atoms. The van der Waals surface area contributed by atoms with Crippen molar-refractivity contribution < 1.29 is 9.66 Å². The van der Waals surface area contributed by atoms with Crippen LogP contribution in [0.15, 0.2) is 36.5 Å². The van der Waals surface area contributed by atoms with Crippen LogP contribution in [0.4, 0.5) is 23.0 Å². The Morgan fingerprint density at radius 1 is 1.23 bits per heavy atom. The standard InChI is InChI=1S/C16H17N7O3/c24-23(25)14-3-4-15(21-22-5-7-26-8-6-22)19-16(14)18-12-1-2-13-11(9-12)10-17-20-13/h1-4,9-10H,5-8H2,(H,17,20)(H2,18,19,21). The smallest absolute Gasteiger partial charge is 0.311 e. The number of ether oxygens (including phenoxy) is 1. The highest BCUT2D eigenvalue weighted by molar-refractivity contribution is 5.83. The molecule has 10 nitrogen and oxygen atoms in total. The molecule has 4 rings (SSSR count). The first-order chi connectivity index (χ1) is 12.7. The van der Waals surface area contributed by atoms with Crippen molar-refractivity contribution in [2.45, 2.75) is 0 Å². The van der Waals surface area contributed by atoms with Crippen molar-refractivity contribution in [2.24, 2.45) is 0 Å². The Balaban J connectivity index is 1.61. The fourth-order valence-electron chi connectivity index (χ4n) is 2.75. The minimum atomic E-state index is -0.454. The number of pyridine rings is 1. The van der Waals surface area contributed by atoms with E-state index >= 15 is 0 Å².